The molecule has 0 bridgehead atoms. The zero-order valence-electron chi connectivity index (χ0n) is 16.3. The Bertz CT molecular complexity index is 943. The number of aromatic nitrogens is 3. The number of carbonyl (C=O) groups is 1. The van der Waals surface area contributed by atoms with Gasteiger partial charge in [-0.05, 0) is 18.1 Å². The van der Waals surface area contributed by atoms with E-state index in [9.17, 15) is 4.79 Å². The predicted octanol–water partition coefficient (Wildman–Crippen LogP) is 5.00. The van der Waals surface area contributed by atoms with Crippen LogP contribution in [0.4, 0.5) is 0 Å². The molecule has 0 fully saturated rings. The third-order valence-electron chi connectivity index (χ3n) is 4.21. The van der Waals surface area contributed by atoms with Gasteiger partial charge in [-0.2, -0.15) is 0 Å². The SMILES string of the molecule is CCCSNCc1cccc(-c2cnc3[nH]cc(C(=O)C(C)(C)C)c3n2)c1. The summed E-state index contributed by atoms with van der Waals surface area (Å²) >= 11 is 1.74. The fourth-order valence-electron chi connectivity index (χ4n) is 2.76. The van der Waals surface area contributed by atoms with Gasteiger partial charge < -0.3 is 4.98 Å². The summed E-state index contributed by atoms with van der Waals surface area (Å²) in [7, 11) is 0. The van der Waals surface area contributed by atoms with Crippen LogP contribution in [0.25, 0.3) is 22.4 Å². The number of hydrogen-bond acceptors (Lipinski definition) is 5. The second-order valence-electron chi connectivity index (χ2n) is 7.60. The van der Waals surface area contributed by atoms with E-state index in [-0.39, 0.29) is 5.78 Å². The molecule has 5 nitrogen and oxygen atoms in total. The lowest BCUT2D eigenvalue weighted by molar-refractivity contribution is 0.0860. The molecule has 0 spiro atoms. The average molecular weight is 383 g/mol. The molecule has 2 N–H and O–H groups in total. The summed E-state index contributed by atoms with van der Waals surface area (Å²) in [6.07, 6.45) is 4.62. The van der Waals surface area contributed by atoms with Gasteiger partial charge in [0.1, 0.15) is 5.52 Å². The van der Waals surface area contributed by atoms with Crippen molar-refractivity contribution < 1.29 is 4.79 Å². The van der Waals surface area contributed by atoms with Crippen LogP contribution in [0, 0.1) is 5.41 Å². The van der Waals surface area contributed by atoms with Crippen molar-refractivity contribution in [2.45, 2.75) is 40.7 Å². The van der Waals surface area contributed by atoms with Crippen LogP contribution in [0.3, 0.4) is 0 Å². The van der Waals surface area contributed by atoms with E-state index in [1.165, 1.54) is 5.56 Å². The lowest BCUT2D eigenvalue weighted by atomic mass is 9.87. The molecule has 0 aliphatic rings. The first kappa shape index (κ1) is 19.6. The number of aromatic amines is 1. The van der Waals surface area contributed by atoms with E-state index in [4.69, 9.17) is 4.98 Å². The molecule has 0 amide bonds. The fourth-order valence-corrected chi connectivity index (χ4v) is 3.37. The van der Waals surface area contributed by atoms with Gasteiger partial charge in [0, 0.05) is 29.5 Å². The maximum absolute atomic E-state index is 12.7. The molecule has 0 atom stereocenters. The van der Waals surface area contributed by atoms with Gasteiger partial charge in [0.05, 0.1) is 17.5 Å². The Labute approximate surface area is 164 Å². The normalized spacial score (nSPS) is 11.9. The molecule has 0 saturated carbocycles. The molecule has 0 saturated heterocycles. The molecule has 27 heavy (non-hydrogen) atoms. The molecule has 0 aliphatic carbocycles. The minimum Gasteiger partial charge on any atom is -0.344 e. The molecule has 2 aromatic heterocycles. The summed E-state index contributed by atoms with van der Waals surface area (Å²) < 4.78 is 3.38. The molecule has 0 aliphatic heterocycles. The molecule has 142 valence electrons. The summed E-state index contributed by atoms with van der Waals surface area (Å²) in [5.41, 5.74) is 4.37. The van der Waals surface area contributed by atoms with Crippen LogP contribution in [0.1, 0.15) is 50.0 Å². The van der Waals surface area contributed by atoms with E-state index in [1.807, 2.05) is 32.9 Å². The van der Waals surface area contributed by atoms with Crippen molar-refractivity contribution in [3.05, 3.63) is 47.8 Å². The van der Waals surface area contributed by atoms with E-state index in [2.05, 4.69) is 33.7 Å². The molecule has 3 aromatic rings. The minimum absolute atomic E-state index is 0.0612. The molecule has 3 rings (SSSR count). The zero-order valence-corrected chi connectivity index (χ0v) is 17.1. The number of Topliss-reactive ketones (excluding diaryl/α,β-unsaturated/α-hetero) is 1. The van der Waals surface area contributed by atoms with Crippen LogP contribution >= 0.6 is 11.9 Å². The number of rotatable bonds is 7. The Balaban J connectivity index is 1.90. The van der Waals surface area contributed by atoms with Crippen molar-refractivity contribution in [3.63, 3.8) is 0 Å². The minimum atomic E-state index is -0.464. The Morgan fingerprint density at radius 1 is 1.30 bits per heavy atom. The van der Waals surface area contributed by atoms with Gasteiger partial charge in [0.25, 0.3) is 0 Å². The van der Waals surface area contributed by atoms with E-state index >= 15 is 0 Å². The van der Waals surface area contributed by atoms with Crippen LogP contribution in [-0.2, 0) is 6.54 Å². The summed E-state index contributed by atoms with van der Waals surface area (Å²) in [6.45, 7) is 8.71. The maximum atomic E-state index is 12.7. The topological polar surface area (TPSA) is 70.7 Å². The Hall–Kier alpha value is -2.18. The molecule has 1 aromatic carbocycles. The second kappa shape index (κ2) is 8.23. The number of nitrogens with zero attached hydrogens (tertiary/aromatic N) is 2. The number of carbonyl (C=O) groups excluding carboxylic acids is 1. The highest BCUT2D eigenvalue weighted by molar-refractivity contribution is 7.97. The van der Waals surface area contributed by atoms with Gasteiger partial charge in [-0.15, -0.1) is 0 Å². The Kier molecular flexibility index (Phi) is 5.97. The third-order valence-corrected chi connectivity index (χ3v) is 5.17. The number of nitrogens with one attached hydrogen (secondary N) is 2. The molecule has 6 heteroatoms. The quantitative estimate of drug-likeness (QED) is 0.342. The van der Waals surface area contributed by atoms with Crippen molar-refractivity contribution in [2.75, 3.05) is 5.75 Å². The summed E-state index contributed by atoms with van der Waals surface area (Å²) in [5, 5.41) is 0. The highest BCUT2D eigenvalue weighted by Crippen LogP contribution is 2.27. The number of hydrogen-bond donors (Lipinski definition) is 2. The summed E-state index contributed by atoms with van der Waals surface area (Å²) in [5.74, 6) is 1.16. The van der Waals surface area contributed by atoms with Gasteiger partial charge in [-0.1, -0.05) is 57.8 Å². The van der Waals surface area contributed by atoms with E-state index < -0.39 is 5.41 Å². The van der Waals surface area contributed by atoms with Gasteiger partial charge >= 0.3 is 0 Å². The Morgan fingerprint density at radius 3 is 2.85 bits per heavy atom. The van der Waals surface area contributed by atoms with Crippen LogP contribution in [-0.4, -0.2) is 26.5 Å². The lowest BCUT2D eigenvalue weighted by Crippen LogP contribution is -2.20. The molecular weight excluding hydrogens is 356 g/mol. The smallest absolute Gasteiger partial charge is 0.171 e. The standard InChI is InChI=1S/C21H26N4OS/c1-5-9-27-24-11-14-7-6-8-15(10-14)17-13-23-20-18(25-17)16(12-22-20)19(26)21(2,3)4/h6-8,10,12-13,24H,5,9,11H2,1-4H3,(H,22,23). The first-order chi connectivity index (χ1) is 12.9. The van der Waals surface area contributed by atoms with Crippen LogP contribution < -0.4 is 4.72 Å². The van der Waals surface area contributed by atoms with Crippen molar-refractivity contribution in [2.24, 2.45) is 5.41 Å². The average Bonchev–Trinajstić information content (AvgIpc) is 3.07. The summed E-state index contributed by atoms with van der Waals surface area (Å²) in [4.78, 5) is 25.0. The highest BCUT2D eigenvalue weighted by Gasteiger charge is 2.26. The number of H-pyrrole nitrogens is 1. The number of ketones is 1. The van der Waals surface area contributed by atoms with Gasteiger partial charge in [0.2, 0.25) is 0 Å². The molecule has 2 heterocycles. The molecular formula is C21H26N4OS. The fraction of sp³-hybridized carbons (Fsp3) is 0.381. The highest BCUT2D eigenvalue weighted by atomic mass is 32.2. The third kappa shape index (κ3) is 4.57. The van der Waals surface area contributed by atoms with Crippen molar-refractivity contribution >= 4 is 28.9 Å². The van der Waals surface area contributed by atoms with Gasteiger partial charge in [0.15, 0.2) is 11.4 Å². The molecule has 0 radical (unpaired) electrons. The van der Waals surface area contributed by atoms with Crippen molar-refractivity contribution in [3.8, 4) is 11.3 Å². The summed E-state index contributed by atoms with van der Waals surface area (Å²) in [6, 6.07) is 8.27. The van der Waals surface area contributed by atoms with Gasteiger partial charge in [-0.3, -0.25) is 9.52 Å². The van der Waals surface area contributed by atoms with E-state index in [0.717, 1.165) is 30.0 Å². The van der Waals surface area contributed by atoms with Crippen molar-refractivity contribution in [1.29, 1.82) is 0 Å². The van der Waals surface area contributed by atoms with Crippen LogP contribution in [0.15, 0.2) is 36.7 Å². The monoisotopic (exact) mass is 382 g/mol. The zero-order chi connectivity index (χ0) is 19.4. The van der Waals surface area contributed by atoms with E-state index in [0.29, 0.717) is 16.7 Å². The first-order valence-corrected chi connectivity index (χ1v) is 10.2. The van der Waals surface area contributed by atoms with Crippen LogP contribution in [0.2, 0.25) is 0 Å². The second-order valence-corrected chi connectivity index (χ2v) is 8.59. The van der Waals surface area contributed by atoms with E-state index in [1.54, 1.807) is 24.3 Å². The predicted molar refractivity (Wildman–Crippen MR) is 113 cm³/mol. The Morgan fingerprint density at radius 2 is 2.11 bits per heavy atom. The molecule has 0 unspecified atom stereocenters. The maximum Gasteiger partial charge on any atom is 0.171 e. The number of fused-ring (bicyclic) bond motifs is 1. The lowest BCUT2D eigenvalue weighted by Gasteiger charge is -2.15. The van der Waals surface area contributed by atoms with Crippen LogP contribution in [0.5, 0.6) is 0 Å². The number of benzene rings is 1. The van der Waals surface area contributed by atoms with Crippen molar-refractivity contribution in [1.82, 2.24) is 19.7 Å². The largest absolute Gasteiger partial charge is 0.344 e. The first-order valence-electron chi connectivity index (χ1n) is 9.23. The van der Waals surface area contributed by atoms with Gasteiger partial charge in [-0.25, -0.2) is 9.97 Å².